The number of hydrazone groups is 1. The summed E-state index contributed by atoms with van der Waals surface area (Å²) < 4.78 is 5.01. The molecule has 0 unspecified atom stereocenters. The molecule has 0 aliphatic heterocycles. The van der Waals surface area contributed by atoms with Gasteiger partial charge in [-0.3, -0.25) is 14.9 Å². The van der Waals surface area contributed by atoms with Crippen molar-refractivity contribution in [1.82, 2.24) is 5.43 Å². The van der Waals surface area contributed by atoms with E-state index in [0.717, 1.165) is 12.0 Å². The summed E-state index contributed by atoms with van der Waals surface area (Å²) in [7, 11) is 1.38. The van der Waals surface area contributed by atoms with Gasteiger partial charge >= 0.3 is 5.69 Å². The number of hydrogen-bond acceptors (Lipinski definition) is 5. The van der Waals surface area contributed by atoms with E-state index in [1.165, 1.54) is 24.8 Å². The van der Waals surface area contributed by atoms with E-state index in [4.69, 9.17) is 4.74 Å². The van der Waals surface area contributed by atoms with E-state index >= 15 is 0 Å². The molecule has 2 atom stereocenters. The van der Waals surface area contributed by atoms with Gasteiger partial charge < -0.3 is 4.74 Å². The van der Waals surface area contributed by atoms with Crippen molar-refractivity contribution in [2.75, 3.05) is 7.11 Å². The monoisotopic (exact) mass is 409 g/mol. The van der Waals surface area contributed by atoms with Gasteiger partial charge in [0.15, 0.2) is 5.75 Å². The Hall–Kier alpha value is -3.22. The van der Waals surface area contributed by atoms with Gasteiger partial charge in [0.25, 0.3) is 0 Å². The molecule has 0 radical (unpaired) electrons. The number of carbonyl (C=O) groups excluding carboxylic acids is 1. The van der Waals surface area contributed by atoms with Crippen LogP contribution in [-0.4, -0.2) is 23.7 Å². The molecule has 0 aromatic heterocycles. The molecule has 0 saturated heterocycles. The third-order valence-corrected chi connectivity index (χ3v) is 5.46. The van der Waals surface area contributed by atoms with Crippen molar-refractivity contribution in [1.29, 1.82) is 0 Å². The van der Waals surface area contributed by atoms with Crippen molar-refractivity contribution >= 4 is 17.3 Å². The van der Waals surface area contributed by atoms with E-state index in [2.05, 4.69) is 55.6 Å². The van der Waals surface area contributed by atoms with Gasteiger partial charge in [0.2, 0.25) is 5.91 Å². The molecule has 2 aromatic rings. The van der Waals surface area contributed by atoms with Crippen LogP contribution in [0.15, 0.2) is 47.6 Å². The van der Waals surface area contributed by atoms with Gasteiger partial charge in [-0.25, -0.2) is 5.43 Å². The standard InChI is InChI=1S/C23H27N3O4/c1-14(16-8-11-21(30-5)20(12-16)26(28)29)24-25-22(27)19-13-18(19)15-6-9-17(10-7-15)23(2,3)4/h6-12,18-19H,13H2,1-5H3,(H,25,27)/b24-14+/t18-,19+/m0/s1. The maximum Gasteiger partial charge on any atom is 0.311 e. The van der Waals surface area contributed by atoms with Gasteiger partial charge in [0.1, 0.15) is 0 Å². The van der Waals surface area contributed by atoms with Crippen LogP contribution in [0.5, 0.6) is 5.75 Å². The zero-order chi connectivity index (χ0) is 22.1. The summed E-state index contributed by atoms with van der Waals surface area (Å²) in [5.41, 5.74) is 6.02. The zero-order valence-electron chi connectivity index (χ0n) is 17.9. The van der Waals surface area contributed by atoms with Crippen molar-refractivity contribution in [2.45, 2.75) is 45.4 Å². The predicted octanol–water partition coefficient (Wildman–Crippen LogP) is 4.54. The lowest BCUT2D eigenvalue weighted by molar-refractivity contribution is -0.385. The highest BCUT2D eigenvalue weighted by Gasteiger charge is 2.44. The fraction of sp³-hybridized carbons (Fsp3) is 0.391. The van der Waals surface area contributed by atoms with Crippen molar-refractivity contribution < 1.29 is 14.5 Å². The number of methoxy groups -OCH3 is 1. The second-order valence-corrected chi connectivity index (χ2v) is 8.64. The molecule has 0 heterocycles. The van der Waals surface area contributed by atoms with Crippen LogP contribution >= 0.6 is 0 Å². The molecule has 30 heavy (non-hydrogen) atoms. The number of nitrogens with one attached hydrogen (secondary N) is 1. The quantitative estimate of drug-likeness (QED) is 0.430. The fourth-order valence-electron chi connectivity index (χ4n) is 3.43. The summed E-state index contributed by atoms with van der Waals surface area (Å²) >= 11 is 0. The zero-order valence-corrected chi connectivity index (χ0v) is 17.9. The van der Waals surface area contributed by atoms with Crippen molar-refractivity contribution in [2.24, 2.45) is 11.0 Å². The van der Waals surface area contributed by atoms with Crippen LogP contribution in [0.3, 0.4) is 0 Å². The van der Waals surface area contributed by atoms with E-state index in [1.807, 2.05) is 0 Å². The minimum atomic E-state index is -0.506. The Morgan fingerprint density at radius 3 is 2.43 bits per heavy atom. The fourth-order valence-corrected chi connectivity index (χ4v) is 3.43. The maximum absolute atomic E-state index is 12.5. The molecule has 7 heteroatoms. The highest BCUT2D eigenvalue weighted by Crippen LogP contribution is 2.47. The topological polar surface area (TPSA) is 93.8 Å². The summed E-state index contributed by atoms with van der Waals surface area (Å²) in [5, 5.41) is 15.3. The van der Waals surface area contributed by atoms with E-state index in [9.17, 15) is 14.9 Å². The highest BCUT2D eigenvalue weighted by molar-refractivity contribution is 6.00. The summed E-state index contributed by atoms with van der Waals surface area (Å²) in [4.78, 5) is 23.2. The highest BCUT2D eigenvalue weighted by atomic mass is 16.6. The number of ether oxygens (including phenoxy) is 1. The van der Waals surface area contributed by atoms with Crippen LogP contribution in [-0.2, 0) is 10.2 Å². The Kier molecular flexibility index (Phi) is 5.92. The number of amides is 1. The van der Waals surface area contributed by atoms with E-state index < -0.39 is 4.92 Å². The van der Waals surface area contributed by atoms with Crippen LogP contribution in [0.4, 0.5) is 5.69 Å². The smallest absolute Gasteiger partial charge is 0.311 e. The van der Waals surface area contributed by atoms with Gasteiger partial charge in [-0.15, -0.1) is 0 Å². The van der Waals surface area contributed by atoms with Crippen LogP contribution in [0.25, 0.3) is 0 Å². The first-order valence-electron chi connectivity index (χ1n) is 9.89. The number of nitrogens with zero attached hydrogens (tertiary/aromatic N) is 2. The summed E-state index contributed by atoms with van der Waals surface area (Å²) in [6.45, 7) is 8.22. The molecule has 1 N–H and O–H groups in total. The molecule has 7 nitrogen and oxygen atoms in total. The van der Waals surface area contributed by atoms with E-state index in [1.54, 1.807) is 13.0 Å². The first kappa shape index (κ1) is 21.5. The average molecular weight is 409 g/mol. The molecule has 1 amide bonds. The third kappa shape index (κ3) is 4.67. The Bertz CT molecular complexity index is 990. The lowest BCUT2D eigenvalue weighted by atomic mass is 9.86. The number of nitro groups is 1. The molecule has 2 aromatic carbocycles. The van der Waals surface area contributed by atoms with Gasteiger partial charge in [-0.2, -0.15) is 5.10 Å². The average Bonchev–Trinajstić information content (AvgIpc) is 3.51. The van der Waals surface area contributed by atoms with E-state index in [-0.39, 0.29) is 34.6 Å². The summed E-state index contributed by atoms with van der Waals surface area (Å²) in [6.07, 6.45) is 0.795. The number of nitro benzene ring substituents is 1. The van der Waals surface area contributed by atoms with Gasteiger partial charge in [0.05, 0.1) is 17.7 Å². The molecular weight excluding hydrogens is 382 g/mol. The molecule has 0 spiro atoms. The number of benzene rings is 2. The SMILES string of the molecule is COc1ccc(/C(C)=N/NC(=O)[C@@H]2C[C@H]2c2ccc(C(C)(C)C)cc2)cc1[N+](=O)[O-]. The molecule has 1 fully saturated rings. The molecule has 158 valence electrons. The summed E-state index contributed by atoms with van der Waals surface area (Å²) in [6, 6.07) is 13.0. The van der Waals surface area contributed by atoms with E-state index in [0.29, 0.717) is 11.3 Å². The van der Waals surface area contributed by atoms with Crippen LogP contribution < -0.4 is 10.2 Å². The second kappa shape index (κ2) is 8.26. The van der Waals surface area contributed by atoms with Crippen LogP contribution in [0.2, 0.25) is 0 Å². The Balaban J connectivity index is 1.64. The first-order valence-corrected chi connectivity index (χ1v) is 9.89. The van der Waals surface area contributed by atoms with Crippen LogP contribution in [0, 0.1) is 16.0 Å². The Morgan fingerprint density at radius 2 is 1.87 bits per heavy atom. The largest absolute Gasteiger partial charge is 0.490 e. The number of carbonyl (C=O) groups is 1. The van der Waals surface area contributed by atoms with Crippen molar-refractivity contribution in [3.8, 4) is 5.75 Å². The molecule has 1 aliphatic rings. The molecule has 0 bridgehead atoms. The van der Waals surface area contributed by atoms with Crippen molar-refractivity contribution in [3.05, 3.63) is 69.3 Å². The molecule has 1 aliphatic carbocycles. The Labute approximate surface area is 176 Å². The molecular formula is C23H27N3O4. The van der Waals surface area contributed by atoms with Gasteiger partial charge in [0, 0.05) is 17.5 Å². The van der Waals surface area contributed by atoms with Gasteiger partial charge in [-0.05, 0) is 47.9 Å². The molecule has 1 saturated carbocycles. The number of hydrogen-bond donors (Lipinski definition) is 1. The van der Waals surface area contributed by atoms with Crippen LogP contribution in [0.1, 0.15) is 56.7 Å². The lowest BCUT2D eigenvalue weighted by Crippen LogP contribution is -2.21. The number of rotatable bonds is 6. The predicted molar refractivity (Wildman–Crippen MR) is 116 cm³/mol. The minimum absolute atomic E-state index is 0.0988. The summed E-state index contributed by atoms with van der Waals surface area (Å²) in [5.74, 6) is 0.144. The second-order valence-electron chi connectivity index (χ2n) is 8.64. The van der Waals surface area contributed by atoms with Crippen molar-refractivity contribution in [3.63, 3.8) is 0 Å². The third-order valence-electron chi connectivity index (χ3n) is 5.46. The Morgan fingerprint density at radius 1 is 1.20 bits per heavy atom. The maximum atomic E-state index is 12.5. The lowest BCUT2D eigenvalue weighted by Gasteiger charge is -2.19. The normalized spacial score (nSPS) is 18.6. The van der Waals surface area contributed by atoms with Gasteiger partial charge in [-0.1, -0.05) is 45.0 Å². The minimum Gasteiger partial charge on any atom is -0.490 e. The molecule has 3 rings (SSSR count). The first-order chi connectivity index (χ1) is 14.1.